The second kappa shape index (κ2) is 5.73. The number of carbonyl (C=O) groups excluding carboxylic acids is 1. The Kier molecular flexibility index (Phi) is 4.03. The van der Waals surface area contributed by atoms with Crippen LogP contribution >= 0.6 is 0 Å². The minimum atomic E-state index is -1.14. The van der Waals surface area contributed by atoms with Gasteiger partial charge in [0, 0.05) is 18.8 Å². The molecule has 1 aliphatic rings. The molecule has 1 amide bonds. The largest absolute Gasteiger partial charge is 0.479 e. The SMILES string of the molecule is Cn1cc(C(NC(=O)OC2CCCC2)C(=O)O)cn1. The third kappa shape index (κ3) is 3.46. The Morgan fingerprint density at radius 2 is 2.21 bits per heavy atom. The van der Waals surface area contributed by atoms with Crippen molar-refractivity contribution in [3.05, 3.63) is 18.0 Å². The van der Waals surface area contributed by atoms with Gasteiger partial charge >= 0.3 is 12.1 Å². The van der Waals surface area contributed by atoms with E-state index in [-0.39, 0.29) is 6.10 Å². The first kappa shape index (κ1) is 13.4. The minimum absolute atomic E-state index is 0.0941. The number of aromatic nitrogens is 2. The second-order valence-corrected chi connectivity index (χ2v) is 4.67. The number of amides is 1. The molecule has 7 nitrogen and oxygen atoms in total. The highest BCUT2D eigenvalue weighted by atomic mass is 16.6. The summed E-state index contributed by atoms with van der Waals surface area (Å²) in [5.74, 6) is -1.14. The number of ether oxygens (including phenoxy) is 1. The molecule has 1 atom stereocenters. The van der Waals surface area contributed by atoms with Crippen LogP contribution in [0.15, 0.2) is 12.4 Å². The van der Waals surface area contributed by atoms with E-state index in [0.29, 0.717) is 5.56 Å². The molecular formula is C12H17N3O4. The number of rotatable bonds is 4. The molecule has 0 aromatic carbocycles. The number of alkyl carbamates (subject to hydrolysis) is 1. The molecule has 19 heavy (non-hydrogen) atoms. The van der Waals surface area contributed by atoms with Gasteiger partial charge < -0.3 is 15.2 Å². The Morgan fingerprint density at radius 1 is 1.53 bits per heavy atom. The third-order valence-electron chi connectivity index (χ3n) is 3.14. The van der Waals surface area contributed by atoms with Crippen LogP contribution < -0.4 is 5.32 Å². The van der Waals surface area contributed by atoms with Crippen LogP contribution in [-0.4, -0.2) is 33.1 Å². The van der Waals surface area contributed by atoms with Crippen LogP contribution in [0.1, 0.15) is 37.3 Å². The van der Waals surface area contributed by atoms with Gasteiger partial charge in [0.05, 0.1) is 6.20 Å². The van der Waals surface area contributed by atoms with Crippen LogP contribution in [0.5, 0.6) is 0 Å². The summed E-state index contributed by atoms with van der Waals surface area (Å²) in [6.07, 6.45) is 5.96. The topological polar surface area (TPSA) is 93.5 Å². The van der Waals surface area contributed by atoms with Crippen molar-refractivity contribution in [2.75, 3.05) is 0 Å². The highest BCUT2D eigenvalue weighted by Gasteiger charge is 2.26. The standard InChI is InChI=1S/C12H17N3O4/c1-15-7-8(6-13-15)10(11(16)17)14-12(18)19-9-4-2-3-5-9/h6-7,9-10H,2-5H2,1H3,(H,14,18)(H,16,17). The highest BCUT2D eigenvalue weighted by Crippen LogP contribution is 2.21. The lowest BCUT2D eigenvalue weighted by atomic mass is 10.2. The average molecular weight is 267 g/mol. The molecule has 0 aliphatic heterocycles. The first-order valence-corrected chi connectivity index (χ1v) is 6.25. The smallest absolute Gasteiger partial charge is 0.408 e. The second-order valence-electron chi connectivity index (χ2n) is 4.67. The highest BCUT2D eigenvalue weighted by molar-refractivity contribution is 5.81. The van der Waals surface area contributed by atoms with Gasteiger partial charge in [0.2, 0.25) is 0 Å². The number of aliphatic carboxylic acids is 1. The van der Waals surface area contributed by atoms with Crippen molar-refractivity contribution >= 4 is 12.1 Å². The van der Waals surface area contributed by atoms with Crippen LogP contribution in [-0.2, 0) is 16.6 Å². The van der Waals surface area contributed by atoms with Crippen molar-refractivity contribution in [1.82, 2.24) is 15.1 Å². The van der Waals surface area contributed by atoms with E-state index in [4.69, 9.17) is 9.84 Å². The van der Waals surface area contributed by atoms with Gasteiger partial charge in [-0.3, -0.25) is 4.68 Å². The van der Waals surface area contributed by atoms with Gasteiger partial charge in [-0.05, 0) is 25.7 Å². The van der Waals surface area contributed by atoms with Gasteiger partial charge in [-0.25, -0.2) is 9.59 Å². The van der Waals surface area contributed by atoms with Crippen molar-refractivity contribution < 1.29 is 19.4 Å². The number of nitrogens with zero attached hydrogens (tertiary/aromatic N) is 2. The molecule has 1 fully saturated rings. The van der Waals surface area contributed by atoms with Crippen LogP contribution in [0.25, 0.3) is 0 Å². The van der Waals surface area contributed by atoms with E-state index in [1.165, 1.54) is 10.9 Å². The summed E-state index contributed by atoms with van der Waals surface area (Å²) in [4.78, 5) is 22.8. The Balaban J connectivity index is 1.96. The van der Waals surface area contributed by atoms with E-state index in [1.54, 1.807) is 13.2 Å². The van der Waals surface area contributed by atoms with E-state index >= 15 is 0 Å². The quantitative estimate of drug-likeness (QED) is 0.855. The summed E-state index contributed by atoms with van der Waals surface area (Å²) in [7, 11) is 1.68. The van der Waals surface area contributed by atoms with Gasteiger partial charge in [0.15, 0.2) is 6.04 Å². The molecule has 7 heteroatoms. The summed E-state index contributed by atoms with van der Waals surface area (Å²) in [5.41, 5.74) is 0.415. The van der Waals surface area contributed by atoms with Crippen LogP contribution in [0, 0.1) is 0 Å². The lowest BCUT2D eigenvalue weighted by molar-refractivity contribution is -0.139. The van der Waals surface area contributed by atoms with Crippen molar-refractivity contribution in [2.45, 2.75) is 37.8 Å². The van der Waals surface area contributed by atoms with Gasteiger partial charge in [-0.15, -0.1) is 0 Å². The zero-order chi connectivity index (χ0) is 13.8. The molecule has 1 aromatic rings. The lowest BCUT2D eigenvalue weighted by Gasteiger charge is -2.16. The van der Waals surface area contributed by atoms with Crippen molar-refractivity contribution in [1.29, 1.82) is 0 Å². The molecule has 1 unspecified atom stereocenters. The number of hydrogen-bond acceptors (Lipinski definition) is 4. The molecule has 0 bridgehead atoms. The van der Waals surface area contributed by atoms with E-state index in [1.807, 2.05) is 0 Å². The number of hydrogen-bond donors (Lipinski definition) is 2. The number of aryl methyl sites for hydroxylation is 1. The first-order valence-electron chi connectivity index (χ1n) is 6.25. The van der Waals surface area contributed by atoms with Gasteiger partial charge in [0.1, 0.15) is 6.10 Å². The zero-order valence-corrected chi connectivity index (χ0v) is 10.7. The summed E-state index contributed by atoms with van der Waals surface area (Å²) in [6, 6.07) is -1.14. The number of carboxylic acids is 1. The summed E-state index contributed by atoms with van der Waals surface area (Å²) < 4.78 is 6.66. The fourth-order valence-corrected chi connectivity index (χ4v) is 2.19. The summed E-state index contributed by atoms with van der Waals surface area (Å²) >= 11 is 0. The Bertz CT molecular complexity index is 465. The monoisotopic (exact) mass is 267 g/mol. The normalized spacial score (nSPS) is 17.1. The maximum absolute atomic E-state index is 11.7. The molecule has 0 spiro atoms. The Hall–Kier alpha value is -2.05. The molecule has 1 saturated carbocycles. The van der Waals surface area contributed by atoms with Crippen LogP contribution in [0.2, 0.25) is 0 Å². The molecular weight excluding hydrogens is 250 g/mol. The first-order chi connectivity index (χ1) is 9.06. The number of carboxylic acid groups (broad SMARTS) is 1. The Morgan fingerprint density at radius 3 is 2.74 bits per heavy atom. The molecule has 0 saturated heterocycles. The van der Waals surface area contributed by atoms with Gasteiger partial charge in [-0.1, -0.05) is 0 Å². The lowest BCUT2D eigenvalue weighted by Crippen LogP contribution is -2.35. The van der Waals surface area contributed by atoms with Gasteiger partial charge in [-0.2, -0.15) is 5.10 Å². The molecule has 1 aliphatic carbocycles. The predicted molar refractivity (Wildman–Crippen MR) is 65.5 cm³/mol. The van der Waals surface area contributed by atoms with E-state index in [9.17, 15) is 9.59 Å². The maximum atomic E-state index is 11.7. The van der Waals surface area contributed by atoms with Gasteiger partial charge in [0.25, 0.3) is 0 Å². The van der Waals surface area contributed by atoms with Crippen molar-refractivity contribution in [3.8, 4) is 0 Å². The summed E-state index contributed by atoms with van der Waals surface area (Å²) in [6.45, 7) is 0. The van der Waals surface area contributed by atoms with Crippen LogP contribution in [0.3, 0.4) is 0 Å². The summed E-state index contributed by atoms with van der Waals surface area (Å²) in [5, 5.41) is 15.4. The number of carbonyl (C=O) groups is 2. The number of nitrogens with one attached hydrogen (secondary N) is 1. The van der Waals surface area contributed by atoms with E-state index in [0.717, 1.165) is 25.7 Å². The fraction of sp³-hybridized carbons (Fsp3) is 0.583. The van der Waals surface area contributed by atoms with E-state index < -0.39 is 18.1 Å². The third-order valence-corrected chi connectivity index (χ3v) is 3.14. The molecule has 1 heterocycles. The molecule has 1 aromatic heterocycles. The Labute approximate surface area is 110 Å². The maximum Gasteiger partial charge on any atom is 0.408 e. The predicted octanol–water partition coefficient (Wildman–Crippen LogP) is 1.21. The minimum Gasteiger partial charge on any atom is -0.479 e. The zero-order valence-electron chi connectivity index (χ0n) is 10.7. The average Bonchev–Trinajstić information content (AvgIpc) is 2.97. The molecule has 2 N–H and O–H groups in total. The van der Waals surface area contributed by atoms with Crippen molar-refractivity contribution in [2.24, 2.45) is 7.05 Å². The van der Waals surface area contributed by atoms with E-state index in [2.05, 4.69) is 10.4 Å². The molecule has 104 valence electrons. The molecule has 0 radical (unpaired) electrons. The fourth-order valence-electron chi connectivity index (χ4n) is 2.19. The van der Waals surface area contributed by atoms with Crippen molar-refractivity contribution in [3.63, 3.8) is 0 Å². The van der Waals surface area contributed by atoms with Crippen LogP contribution in [0.4, 0.5) is 4.79 Å². The molecule has 2 rings (SSSR count).